The zero-order chi connectivity index (χ0) is 18.7. The number of primary amides is 1. The summed E-state index contributed by atoms with van der Waals surface area (Å²) in [5, 5.41) is 2.87. The number of likely N-dealkylation sites (tertiary alicyclic amines) is 1. The summed E-state index contributed by atoms with van der Waals surface area (Å²) in [4.78, 5) is 26.2. The molecule has 3 N–H and O–H groups in total. The lowest BCUT2D eigenvalue weighted by Crippen LogP contribution is -2.34. The molecule has 0 aliphatic carbocycles. The Kier molecular flexibility index (Phi) is 5.11. The Labute approximate surface area is 152 Å². The number of hydrogen-bond donors (Lipinski definition) is 2. The fraction of sp³-hybridized carbons (Fsp3) is 0.300. The smallest absolute Gasteiger partial charge is 0.322 e. The number of anilines is 1. The minimum Gasteiger partial charge on any atom is -0.495 e. The van der Waals surface area contributed by atoms with Gasteiger partial charge in [-0.3, -0.25) is 4.79 Å². The molecule has 136 valence electrons. The molecule has 1 heterocycles. The van der Waals surface area contributed by atoms with E-state index in [1.54, 1.807) is 12.1 Å². The third-order valence-corrected chi connectivity index (χ3v) is 4.79. The average molecular weight is 353 g/mol. The van der Waals surface area contributed by atoms with Gasteiger partial charge in [0.25, 0.3) is 0 Å². The van der Waals surface area contributed by atoms with Crippen LogP contribution in [-0.2, 0) is 0 Å². The molecule has 0 bridgehead atoms. The Morgan fingerprint density at radius 1 is 1.23 bits per heavy atom. The van der Waals surface area contributed by atoms with Crippen molar-refractivity contribution in [2.45, 2.75) is 25.8 Å². The van der Waals surface area contributed by atoms with E-state index in [1.807, 2.05) is 17.0 Å². The van der Waals surface area contributed by atoms with E-state index in [1.165, 1.54) is 18.7 Å². The predicted octanol–water partition coefficient (Wildman–Crippen LogP) is 3.47. The van der Waals surface area contributed by atoms with Gasteiger partial charge in [-0.15, -0.1) is 0 Å². The predicted molar refractivity (Wildman–Crippen MR) is 100 cm³/mol. The number of hydrogen-bond acceptors (Lipinski definition) is 3. The minimum atomic E-state index is -0.554. The Bertz CT molecular complexity index is 835. The summed E-state index contributed by atoms with van der Waals surface area (Å²) in [7, 11) is 1.51. The first-order valence-electron chi connectivity index (χ1n) is 8.62. The van der Waals surface area contributed by atoms with Crippen molar-refractivity contribution in [3.05, 3.63) is 59.2 Å². The molecule has 2 aromatic rings. The summed E-state index contributed by atoms with van der Waals surface area (Å²) in [6.07, 6.45) is 1.88. The van der Waals surface area contributed by atoms with E-state index in [0.29, 0.717) is 23.5 Å². The second-order valence-electron chi connectivity index (χ2n) is 6.42. The first kappa shape index (κ1) is 17.8. The van der Waals surface area contributed by atoms with Crippen molar-refractivity contribution < 1.29 is 14.3 Å². The second kappa shape index (κ2) is 7.47. The van der Waals surface area contributed by atoms with Gasteiger partial charge in [0.2, 0.25) is 5.91 Å². The summed E-state index contributed by atoms with van der Waals surface area (Å²) in [6.45, 7) is 2.74. The Morgan fingerprint density at radius 3 is 2.69 bits per heavy atom. The molecule has 3 rings (SSSR count). The first-order chi connectivity index (χ1) is 12.5. The Hall–Kier alpha value is -3.02. The van der Waals surface area contributed by atoms with Gasteiger partial charge < -0.3 is 20.7 Å². The van der Waals surface area contributed by atoms with E-state index >= 15 is 0 Å². The summed E-state index contributed by atoms with van der Waals surface area (Å²) in [6, 6.07) is 12.7. The molecule has 2 aromatic carbocycles. The maximum absolute atomic E-state index is 12.9. The van der Waals surface area contributed by atoms with Crippen LogP contribution in [0.15, 0.2) is 42.5 Å². The third kappa shape index (κ3) is 3.49. The number of nitrogens with zero attached hydrogens (tertiary/aromatic N) is 1. The topological polar surface area (TPSA) is 84.7 Å². The maximum Gasteiger partial charge on any atom is 0.322 e. The van der Waals surface area contributed by atoms with Gasteiger partial charge in [0, 0.05) is 12.1 Å². The van der Waals surface area contributed by atoms with E-state index < -0.39 is 5.91 Å². The van der Waals surface area contributed by atoms with Crippen LogP contribution >= 0.6 is 0 Å². The number of ether oxygens (including phenoxy) is 1. The number of methoxy groups -OCH3 is 1. The van der Waals surface area contributed by atoms with E-state index in [9.17, 15) is 9.59 Å². The Morgan fingerprint density at radius 2 is 2.00 bits per heavy atom. The quantitative estimate of drug-likeness (QED) is 0.882. The van der Waals surface area contributed by atoms with Crippen LogP contribution in [0.1, 0.15) is 40.4 Å². The molecule has 6 nitrogen and oxygen atoms in total. The van der Waals surface area contributed by atoms with Crippen molar-refractivity contribution in [2.24, 2.45) is 5.73 Å². The highest BCUT2D eigenvalue weighted by Gasteiger charge is 2.31. The summed E-state index contributed by atoms with van der Waals surface area (Å²) < 4.78 is 5.29. The van der Waals surface area contributed by atoms with Gasteiger partial charge in [-0.05, 0) is 49.1 Å². The number of benzene rings is 2. The molecule has 6 heteroatoms. The van der Waals surface area contributed by atoms with Crippen molar-refractivity contribution in [1.29, 1.82) is 0 Å². The molecule has 1 atom stereocenters. The number of urea groups is 1. The largest absolute Gasteiger partial charge is 0.495 e. The highest BCUT2D eigenvalue weighted by Crippen LogP contribution is 2.35. The third-order valence-electron chi connectivity index (χ3n) is 4.79. The van der Waals surface area contributed by atoms with Gasteiger partial charge in [-0.1, -0.05) is 24.3 Å². The fourth-order valence-corrected chi connectivity index (χ4v) is 3.44. The number of carbonyl (C=O) groups excluding carboxylic acids is 2. The number of aryl methyl sites for hydroxylation is 1. The van der Waals surface area contributed by atoms with Crippen molar-refractivity contribution >= 4 is 17.6 Å². The van der Waals surface area contributed by atoms with Gasteiger partial charge in [0.15, 0.2) is 0 Å². The van der Waals surface area contributed by atoms with Gasteiger partial charge in [-0.2, -0.15) is 0 Å². The van der Waals surface area contributed by atoms with Crippen molar-refractivity contribution in [3.8, 4) is 5.75 Å². The SMILES string of the molecule is COc1ccc(C(N)=O)cc1NC(=O)N1CCC[C@@H]1c1ccccc1C. The van der Waals surface area contributed by atoms with Gasteiger partial charge in [0.05, 0.1) is 18.8 Å². The molecule has 0 radical (unpaired) electrons. The van der Waals surface area contributed by atoms with E-state index in [4.69, 9.17) is 10.5 Å². The summed E-state index contributed by atoms with van der Waals surface area (Å²) >= 11 is 0. The van der Waals surface area contributed by atoms with Crippen molar-refractivity contribution in [2.75, 3.05) is 19.0 Å². The van der Waals surface area contributed by atoms with Crippen LogP contribution in [0.4, 0.5) is 10.5 Å². The number of nitrogens with two attached hydrogens (primary N) is 1. The maximum atomic E-state index is 12.9. The van der Waals surface area contributed by atoms with Crippen LogP contribution in [-0.4, -0.2) is 30.5 Å². The van der Waals surface area contributed by atoms with Crippen LogP contribution < -0.4 is 15.8 Å². The first-order valence-corrected chi connectivity index (χ1v) is 8.62. The summed E-state index contributed by atoms with van der Waals surface area (Å²) in [5.41, 5.74) is 8.43. The molecule has 0 unspecified atom stereocenters. The van der Waals surface area contributed by atoms with Gasteiger partial charge in [0.1, 0.15) is 5.75 Å². The lowest BCUT2D eigenvalue weighted by atomic mass is 9.99. The minimum absolute atomic E-state index is 0.0431. The molecule has 1 aliphatic heterocycles. The van der Waals surface area contributed by atoms with Crippen molar-refractivity contribution in [1.82, 2.24) is 4.90 Å². The molecule has 0 aromatic heterocycles. The lowest BCUT2D eigenvalue weighted by Gasteiger charge is -2.27. The van der Waals surface area contributed by atoms with Gasteiger partial charge in [-0.25, -0.2) is 4.79 Å². The second-order valence-corrected chi connectivity index (χ2v) is 6.42. The van der Waals surface area contributed by atoms with E-state index in [2.05, 4.69) is 24.4 Å². The van der Waals surface area contributed by atoms with E-state index in [-0.39, 0.29) is 12.1 Å². The molecular weight excluding hydrogens is 330 g/mol. The monoisotopic (exact) mass is 353 g/mol. The number of amides is 3. The highest BCUT2D eigenvalue weighted by molar-refractivity contribution is 5.97. The van der Waals surface area contributed by atoms with Crippen LogP contribution in [0.3, 0.4) is 0 Å². The standard InChI is InChI=1S/C20H23N3O3/c1-13-6-3-4-7-15(13)17-8-5-11-23(17)20(25)22-16-12-14(19(21)24)9-10-18(16)26-2/h3-4,6-7,9-10,12,17H,5,8,11H2,1-2H3,(H2,21,24)(H,22,25)/t17-/m1/s1. The molecule has 0 saturated carbocycles. The van der Waals surface area contributed by atoms with Gasteiger partial charge >= 0.3 is 6.03 Å². The van der Waals surface area contributed by atoms with Crippen molar-refractivity contribution in [3.63, 3.8) is 0 Å². The molecular formula is C20H23N3O3. The zero-order valence-electron chi connectivity index (χ0n) is 15.0. The molecule has 1 saturated heterocycles. The number of carbonyl (C=O) groups is 2. The highest BCUT2D eigenvalue weighted by atomic mass is 16.5. The lowest BCUT2D eigenvalue weighted by molar-refractivity contribution is 0.1000. The van der Waals surface area contributed by atoms with E-state index in [0.717, 1.165) is 18.4 Å². The fourth-order valence-electron chi connectivity index (χ4n) is 3.44. The molecule has 3 amide bonds. The zero-order valence-corrected chi connectivity index (χ0v) is 15.0. The molecule has 0 spiro atoms. The van der Waals surface area contributed by atoms with Crippen LogP contribution in [0.25, 0.3) is 0 Å². The normalized spacial score (nSPS) is 16.4. The van der Waals surface area contributed by atoms with Crippen LogP contribution in [0, 0.1) is 6.92 Å². The summed E-state index contributed by atoms with van der Waals surface area (Å²) in [5.74, 6) is -0.0721. The molecule has 26 heavy (non-hydrogen) atoms. The van der Waals surface area contributed by atoms with Crippen LogP contribution in [0.5, 0.6) is 5.75 Å². The molecule has 1 fully saturated rings. The average Bonchev–Trinajstić information content (AvgIpc) is 3.11. The number of rotatable bonds is 4. The number of nitrogens with one attached hydrogen (secondary N) is 1. The Balaban J connectivity index is 1.84. The molecule has 1 aliphatic rings. The van der Waals surface area contributed by atoms with Crippen LogP contribution in [0.2, 0.25) is 0 Å².